The van der Waals surface area contributed by atoms with Gasteiger partial charge in [0, 0.05) is 35.3 Å². The van der Waals surface area contributed by atoms with Gasteiger partial charge < -0.3 is 19.3 Å². The van der Waals surface area contributed by atoms with Gasteiger partial charge in [-0.1, -0.05) is 19.0 Å². The molecule has 160 valence electrons. The van der Waals surface area contributed by atoms with E-state index >= 15 is 0 Å². The summed E-state index contributed by atoms with van der Waals surface area (Å²) in [5.41, 5.74) is 4.03. The quantitative estimate of drug-likeness (QED) is 0.459. The summed E-state index contributed by atoms with van der Waals surface area (Å²) in [6, 6.07) is 9.66. The lowest BCUT2D eigenvalue weighted by atomic mass is 10.1. The van der Waals surface area contributed by atoms with Crippen LogP contribution in [0.2, 0.25) is 0 Å². The van der Waals surface area contributed by atoms with Crippen molar-refractivity contribution in [2.45, 2.75) is 33.2 Å². The van der Waals surface area contributed by atoms with Crippen molar-refractivity contribution in [3.05, 3.63) is 53.6 Å². The lowest BCUT2D eigenvalue weighted by molar-refractivity contribution is 0.399. The van der Waals surface area contributed by atoms with Gasteiger partial charge in [0.15, 0.2) is 11.5 Å². The minimum atomic E-state index is 0.160. The molecule has 8 heteroatoms. The molecule has 3 aromatic heterocycles. The van der Waals surface area contributed by atoms with E-state index in [0.29, 0.717) is 23.9 Å². The molecule has 0 saturated heterocycles. The SMILES string of the molecule is COc1ccc(OC)c(CNc2c(-c3nc(C(C)C)no3)cnc3nc(C)ccc23)c1. The minimum absolute atomic E-state index is 0.160. The third-order valence-electron chi connectivity index (χ3n) is 5.00. The van der Waals surface area contributed by atoms with Crippen LogP contribution in [0.1, 0.15) is 36.8 Å². The zero-order valence-electron chi connectivity index (χ0n) is 18.3. The Kier molecular flexibility index (Phi) is 5.70. The molecule has 1 aromatic carbocycles. The van der Waals surface area contributed by atoms with Crippen LogP contribution < -0.4 is 14.8 Å². The van der Waals surface area contributed by atoms with E-state index in [-0.39, 0.29) is 5.92 Å². The Labute approximate surface area is 180 Å². The van der Waals surface area contributed by atoms with E-state index in [1.807, 2.05) is 51.1 Å². The summed E-state index contributed by atoms with van der Waals surface area (Å²) >= 11 is 0. The van der Waals surface area contributed by atoms with Crippen LogP contribution in [0.4, 0.5) is 5.69 Å². The van der Waals surface area contributed by atoms with Crippen LogP contribution in [-0.4, -0.2) is 34.3 Å². The molecule has 0 aliphatic carbocycles. The van der Waals surface area contributed by atoms with Crippen molar-refractivity contribution in [1.29, 1.82) is 0 Å². The second-order valence-corrected chi connectivity index (χ2v) is 7.51. The predicted octanol–water partition coefficient (Wildman–Crippen LogP) is 4.74. The van der Waals surface area contributed by atoms with Crippen LogP contribution >= 0.6 is 0 Å². The summed E-state index contributed by atoms with van der Waals surface area (Å²) in [7, 11) is 3.29. The minimum Gasteiger partial charge on any atom is -0.497 e. The molecule has 8 nitrogen and oxygen atoms in total. The van der Waals surface area contributed by atoms with Crippen LogP contribution in [0.5, 0.6) is 11.5 Å². The maximum atomic E-state index is 5.55. The molecule has 0 bridgehead atoms. The molecule has 3 heterocycles. The van der Waals surface area contributed by atoms with E-state index in [1.165, 1.54) is 0 Å². The average Bonchev–Trinajstić information content (AvgIpc) is 3.27. The number of rotatable bonds is 7. The van der Waals surface area contributed by atoms with E-state index in [2.05, 4.69) is 25.4 Å². The fourth-order valence-corrected chi connectivity index (χ4v) is 3.31. The van der Waals surface area contributed by atoms with Crippen LogP contribution in [-0.2, 0) is 6.54 Å². The highest BCUT2D eigenvalue weighted by molar-refractivity contribution is 5.96. The van der Waals surface area contributed by atoms with Crippen molar-refractivity contribution < 1.29 is 14.0 Å². The van der Waals surface area contributed by atoms with Crippen molar-refractivity contribution in [1.82, 2.24) is 20.1 Å². The first-order valence-electron chi connectivity index (χ1n) is 10.0. The monoisotopic (exact) mass is 419 g/mol. The Morgan fingerprint density at radius 2 is 1.90 bits per heavy atom. The standard InChI is InChI=1S/C23H25N5O3/c1-13(2)21-27-23(31-28-21)18-12-25-22-17(8-6-14(3)26-22)20(18)24-11-15-10-16(29-4)7-9-19(15)30-5/h6-10,12-13H,11H2,1-5H3,(H,24,25,26). The smallest absolute Gasteiger partial charge is 0.261 e. The number of benzene rings is 1. The van der Waals surface area contributed by atoms with Crippen LogP contribution in [0.3, 0.4) is 0 Å². The van der Waals surface area contributed by atoms with E-state index in [4.69, 9.17) is 14.0 Å². The van der Waals surface area contributed by atoms with Crippen LogP contribution in [0.15, 0.2) is 41.1 Å². The summed E-state index contributed by atoms with van der Waals surface area (Å²) in [4.78, 5) is 13.6. The van der Waals surface area contributed by atoms with Crippen molar-refractivity contribution in [2.24, 2.45) is 0 Å². The van der Waals surface area contributed by atoms with Crippen molar-refractivity contribution in [2.75, 3.05) is 19.5 Å². The van der Waals surface area contributed by atoms with Gasteiger partial charge in [-0.05, 0) is 37.3 Å². The highest BCUT2D eigenvalue weighted by Gasteiger charge is 2.19. The van der Waals surface area contributed by atoms with Gasteiger partial charge in [-0.25, -0.2) is 9.97 Å². The molecule has 0 saturated carbocycles. The number of fused-ring (bicyclic) bond motifs is 1. The number of ether oxygens (including phenoxy) is 2. The summed E-state index contributed by atoms with van der Waals surface area (Å²) in [5.74, 6) is 2.75. The van der Waals surface area contributed by atoms with E-state index in [9.17, 15) is 0 Å². The van der Waals surface area contributed by atoms with Crippen molar-refractivity contribution in [3.63, 3.8) is 0 Å². The number of aromatic nitrogens is 4. The van der Waals surface area contributed by atoms with E-state index < -0.39 is 0 Å². The predicted molar refractivity (Wildman–Crippen MR) is 119 cm³/mol. The van der Waals surface area contributed by atoms with Gasteiger partial charge in [0.05, 0.1) is 25.5 Å². The maximum Gasteiger partial charge on any atom is 0.261 e. The molecule has 0 unspecified atom stereocenters. The lowest BCUT2D eigenvalue weighted by Crippen LogP contribution is -2.05. The molecule has 0 atom stereocenters. The number of methoxy groups -OCH3 is 2. The van der Waals surface area contributed by atoms with Gasteiger partial charge in [0.1, 0.15) is 11.5 Å². The largest absolute Gasteiger partial charge is 0.497 e. The average molecular weight is 419 g/mol. The summed E-state index contributed by atoms with van der Waals surface area (Å²) < 4.78 is 16.4. The number of anilines is 1. The Morgan fingerprint density at radius 1 is 1.06 bits per heavy atom. The number of hydrogen-bond donors (Lipinski definition) is 1. The molecular weight excluding hydrogens is 394 g/mol. The zero-order chi connectivity index (χ0) is 22.0. The molecule has 0 radical (unpaired) electrons. The van der Waals surface area contributed by atoms with E-state index in [1.54, 1.807) is 20.4 Å². The number of pyridine rings is 2. The first kappa shape index (κ1) is 20.6. The molecule has 0 aliphatic rings. The molecule has 1 N–H and O–H groups in total. The Bertz CT molecular complexity index is 1220. The topological polar surface area (TPSA) is 95.2 Å². The molecule has 0 spiro atoms. The Balaban J connectivity index is 1.79. The van der Waals surface area contributed by atoms with Gasteiger partial charge in [0.25, 0.3) is 5.89 Å². The Hall–Kier alpha value is -3.68. The molecular formula is C23H25N5O3. The maximum absolute atomic E-state index is 5.55. The summed E-state index contributed by atoms with van der Waals surface area (Å²) in [5, 5.41) is 8.48. The van der Waals surface area contributed by atoms with Crippen molar-refractivity contribution >= 4 is 16.7 Å². The first-order chi connectivity index (χ1) is 15.0. The van der Waals surface area contributed by atoms with Gasteiger partial charge in [-0.3, -0.25) is 0 Å². The molecule has 4 aromatic rings. The molecule has 0 amide bonds. The third-order valence-corrected chi connectivity index (χ3v) is 5.00. The number of aryl methyl sites for hydroxylation is 1. The van der Waals surface area contributed by atoms with Crippen LogP contribution in [0.25, 0.3) is 22.5 Å². The van der Waals surface area contributed by atoms with Crippen molar-refractivity contribution in [3.8, 4) is 23.0 Å². The number of nitrogens with one attached hydrogen (secondary N) is 1. The second kappa shape index (κ2) is 8.59. The molecule has 0 aliphatic heterocycles. The van der Waals surface area contributed by atoms with Gasteiger partial charge in [-0.15, -0.1) is 0 Å². The number of hydrogen-bond acceptors (Lipinski definition) is 8. The first-order valence-corrected chi connectivity index (χ1v) is 10.0. The highest BCUT2D eigenvalue weighted by Crippen LogP contribution is 2.34. The highest BCUT2D eigenvalue weighted by atomic mass is 16.5. The lowest BCUT2D eigenvalue weighted by Gasteiger charge is -2.15. The van der Waals surface area contributed by atoms with Gasteiger partial charge >= 0.3 is 0 Å². The summed E-state index contributed by atoms with van der Waals surface area (Å²) in [6.45, 7) is 6.48. The van der Waals surface area contributed by atoms with Gasteiger partial charge in [-0.2, -0.15) is 4.98 Å². The third kappa shape index (κ3) is 4.14. The zero-order valence-corrected chi connectivity index (χ0v) is 18.3. The fraction of sp³-hybridized carbons (Fsp3) is 0.304. The Morgan fingerprint density at radius 3 is 2.61 bits per heavy atom. The number of nitrogens with zero attached hydrogens (tertiary/aromatic N) is 4. The molecule has 4 rings (SSSR count). The second-order valence-electron chi connectivity index (χ2n) is 7.51. The molecule has 0 fully saturated rings. The molecule has 31 heavy (non-hydrogen) atoms. The van der Waals surface area contributed by atoms with Crippen LogP contribution in [0, 0.1) is 6.92 Å². The summed E-state index contributed by atoms with van der Waals surface area (Å²) in [6.07, 6.45) is 1.72. The fourth-order valence-electron chi connectivity index (χ4n) is 3.31. The van der Waals surface area contributed by atoms with E-state index in [0.717, 1.165) is 39.4 Å². The normalized spacial score (nSPS) is 11.2. The van der Waals surface area contributed by atoms with Gasteiger partial charge in [0.2, 0.25) is 0 Å².